The highest BCUT2D eigenvalue weighted by Gasteiger charge is 2.02. The van der Waals surface area contributed by atoms with Crippen molar-refractivity contribution in [3.63, 3.8) is 0 Å². The number of hydrogen-bond donors (Lipinski definition) is 1. The van der Waals surface area contributed by atoms with Gasteiger partial charge in [0.15, 0.2) is 0 Å². The second-order valence-corrected chi connectivity index (χ2v) is 5.27. The number of halogens is 1. The number of benzene rings is 2. The summed E-state index contributed by atoms with van der Waals surface area (Å²) in [5, 5.41) is 8.78. The third kappa shape index (κ3) is 5.21. The monoisotopic (exact) mass is 350 g/mol. The van der Waals surface area contributed by atoms with Gasteiger partial charge in [0.05, 0.1) is 18.8 Å². The molecule has 2 rings (SSSR count). The van der Waals surface area contributed by atoms with Gasteiger partial charge in [-0.25, -0.2) is 4.79 Å². The smallest absolute Gasteiger partial charge is 0.335 e. The van der Waals surface area contributed by atoms with Crippen molar-refractivity contribution in [3.05, 3.63) is 64.1 Å². The van der Waals surface area contributed by atoms with Gasteiger partial charge in [0.2, 0.25) is 0 Å². The minimum absolute atomic E-state index is 0.244. The van der Waals surface area contributed by atoms with Gasteiger partial charge in [-0.05, 0) is 42.0 Å². The Kier molecular flexibility index (Phi) is 5.78. The fourth-order valence-corrected chi connectivity index (χ4v) is 1.95. The molecule has 0 atom stereocenters. The lowest BCUT2D eigenvalue weighted by Crippen LogP contribution is -2.07. The van der Waals surface area contributed by atoms with Crippen LogP contribution < -0.4 is 4.74 Å². The third-order valence-corrected chi connectivity index (χ3v) is 3.31. The van der Waals surface area contributed by atoms with Gasteiger partial charge in [0, 0.05) is 4.47 Å². The molecule has 2 aromatic carbocycles. The molecule has 2 aromatic rings. The van der Waals surface area contributed by atoms with Gasteiger partial charge in [-0.1, -0.05) is 28.1 Å². The molecule has 0 amide bonds. The van der Waals surface area contributed by atoms with E-state index in [2.05, 4.69) is 15.9 Å². The van der Waals surface area contributed by atoms with E-state index in [9.17, 15) is 4.79 Å². The Morgan fingerprint density at radius 2 is 1.67 bits per heavy atom. The Hall–Kier alpha value is -1.85. The molecule has 0 saturated carbocycles. The molecule has 0 spiro atoms. The quantitative estimate of drug-likeness (QED) is 0.772. The summed E-state index contributed by atoms with van der Waals surface area (Å²) in [5.74, 6) is -0.313. The number of rotatable bonds is 7. The van der Waals surface area contributed by atoms with E-state index in [1.165, 1.54) is 12.1 Å². The minimum Gasteiger partial charge on any atom is -0.491 e. The van der Waals surface area contributed by atoms with Crippen LogP contribution in [0.2, 0.25) is 0 Å². The summed E-state index contributed by atoms with van der Waals surface area (Å²) in [4.78, 5) is 10.7. The number of aromatic carboxylic acids is 1. The first kappa shape index (κ1) is 15.5. The van der Waals surface area contributed by atoms with Crippen molar-refractivity contribution in [1.82, 2.24) is 0 Å². The zero-order valence-corrected chi connectivity index (χ0v) is 12.9. The predicted octanol–water partition coefficient (Wildman–Crippen LogP) is 3.74. The molecule has 0 aromatic heterocycles. The van der Waals surface area contributed by atoms with E-state index in [1.807, 2.05) is 24.3 Å². The van der Waals surface area contributed by atoms with Crippen LogP contribution in [0.15, 0.2) is 53.0 Å². The Morgan fingerprint density at radius 3 is 2.29 bits per heavy atom. The van der Waals surface area contributed by atoms with Crippen LogP contribution >= 0.6 is 15.9 Å². The Balaban J connectivity index is 1.67. The van der Waals surface area contributed by atoms with Gasteiger partial charge < -0.3 is 14.6 Å². The van der Waals surface area contributed by atoms with E-state index in [1.54, 1.807) is 12.1 Å². The molecule has 110 valence electrons. The number of carboxylic acid groups (broad SMARTS) is 1. The average molecular weight is 351 g/mol. The molecule has 1 N–H and O–H groups in total. The van der Waals surface area contributed by atoms with E-state index in [-0.39, 0.29) is 5.56 Å². The van der Waals surface area contributed by atoms with Crippen molar-refractivity contribution in [3.8, 4) is 5.75 Å². The van der Waals surface area contributed by atoms with E-state index in [0.29, 0.717) is 25.6 Å². The topological polar surface area (TPSA) is 55.8 Å². The van der Waals surface area contributed by atoms with Crippen molar-refractivity contribution in [2.75, 3.05) is 13.2 Å². The molecular weight excluding hydrogens is 336 g/mol. The summed E-state index contributed by atoms with van der Waals surface area (Å²) < 4.78 is 12.0. The number of ether oxygens (including phenoxy) is 2. The van der Waals surface area contributed by atoms with Crippen LogP contribution in [0, 0.1) is 0 Å². The molecule has 0 radical (unpaired) electrons. The third-order valence-electron chi connectivity index (χ3n) is 2.78. The first-order valence-corrected chi connectivity index (χ1v) is 7.23. The Labute approximate surface area is 131 Å². The van der Waals surface area contributed by atoms with Gasteiger partial charge in [0.1, 0.15) is 12.4 Å². The van der Waals surface area contributed by atoms with Gasteiger partial charge in [-0.15, -0.1) is 0 Å². The van der Waals surface area contributed by atoms with Crippen molar-refractivity contribution in [2.24, 2.45) is 0 Å². The highest BCUT2D eigenvalue weighted by atomic mass is 79.9. The lowest BCUT2D eigenvalue weighted by molar-refractivity contribution is 0.0696. The molecule has 5 heteroatoms. The zero-order valence-electron chi connectivity index (χ0n) is 11.3. The van der Waals surface area contributed by atoms with Crippen molar-refractivity contribution in [2.45, 2.75) is 6.61 Å². The first-order chi connectivity index (χ1) is 10.1. The lowest BCUT2D eigenvalue weighted by Gasteiger charge is -2.07. The van der Waals surface area contributed by atoms with Crippen molar-refractivity contribution in [1.29, 1.82) is 0 Å². The summed E-state index contributed by atoms with van der Waals surface area (Å²) in [6, 6.07) is 14.2. The fraction of sp³-hybridized carbons (Fsp3) is 0.188. The summed E-state index contributed by atoms with van der Waals surface area (Å²) in [6.07, 6.45) is 0. The molecule has 0 unspecified atom stereocenters. The van der Waals surface area contributed by atoms with Crippen LogP contribution in [0.4, 0.5) is 0 Å². The lowest BCUT2D eigenvalue weighted by atomic mass is 10.2. The minimum atomic E-state index is -0.945. The molecule has 0 aliphatic heterocycles. The molecule has 0 heterocycles. The summed E-state index contributed by atoms with van der Waals surface area (Å²) in [7, 11) is 0. The largest absolute Gasteiger partial charge is 0.491 e. The standard InChI is InChI=1S/C16H15BrO4/c17-14-5-1-12(2-6-14)11-20-9-10-21-15-7-3-13(4-8-15)16(18)19/h1-8H,9-11H2,(H,18,19). The Morgan fingerprint density at radius 1 is 1.00 bits per heavy atom. The van der Waals surface area contributed by atoms with Crippen LogP contribution in [0.1, 0.15) is 15.9 Å². The summed E-state index contributed by atoms with van der Waals surface area (Å²) in [6.45, 7) is 1.42. The highest BCUT2D eigenvalue weighted by molar-refractivity contribution is 9.10. The SMILES string of the molecule is O=C(O)c1ccc(OCCOCc2ccc(Br)cc2)cc1. The summed E-state index contributed by atoms with van der Waals surface area (Å²) in [5.41, 5.74) is 1.35. The molecule has 0 fully saturated rings. The molecule has 0 saturated heterocycles. The zero-order chi connectivity index (χ0) is 15.1. The van der Waals surface area contributed by atoms with E-state index < -0.39 is 5.97 Å². The molecule has 21 heavy (non-hydrogen) atoms. The predicted molar refractivity (Wildman–Crippen MR) is 82.7 cm³/mol. The van der Waals surface area contributed by atoms with E-state index in [0.717, 1.165) is 10.0 Å². The van der Waals surface area contributed by atoms with Crippen molar-refractivity contribution >= 4 is 21.9 Å². The van der Waals surface area contributed by atoms with E-state index >= 15 is 0 Å². The van der Waals surface area contributed by atoms with Crippen LogP contribution in [0.5, 0.6) is 5.75 Å². The van der Waals surface area contributed by atoms with Gasteiger partial charge in [0.25, 0.3) is 0 Å². The average Bonchev–Trinajstić information content (AvgIpc) is 2.49. The fourth-order valence-electron chi connectivity index (χ4n) is 1.68. The maximum atomic E-state index is 10.7. The molecule has 0 aliphatic rings. The number of carboxylic acids is 1. The van der Waals surface area contributed by atoms with Gasteiger partial charge >= 0.3 is 5.97 Å². The maximum Gasteiger partial charge on any atom is 0.335 e. The molecular formula is C16H15BrO4. The molecule has 0 aliphatic carbocycles. The second-order valence-electron chi connectivity index (χ2n) is 4.36. The first-order valence-electron chi connectivity index (χ1n) is 6.43. The summed E-state index contributed by atoms with van der Waals surface area (Å²) >= 11 is 3.38. The normalized spacial score (nSPS) is 10.3. The van der Waals surface area contributed by atoms with Crippen LogP contribution in [0.25, 0.3) is 0 Å². The van der Waals surface area contributed by atoms with Gasteiger partial charge in [-0.2, -0.15) is 0 Å². The Bertz CT molecular complexity index is 578. The van der Waals surface area contributed by atoms with Crippen molar-refractivity contribution < 1.29 is 19.4 Å². The second kappa shape index (κ2) is 7.81. The van der Waals surface area contributed by atoms with E-state index in [4.69, 9.17) is 14.6 Å². The van der Waals surface area contributed by atoms with Crippen LogP contribution in [-0.2, 0) is 11.3 Å². The van der Waals surface area contributed by atoms with Crippen LogP contribution in [-0.4, -0.2) is 24.3 Å². The van der Waals surface area contributed by atoms with Gasteiger partial charge in [-0.3, -0.25) is 0 Å². The molecule has 0 bridgehead atoms. The number of carbonyl (C=O) groups is 1. The maximum absolute atomic E-state index is 10.7. The van der Waals surface area contributed by atoms with Crippen LogP contribution in [0.3, 0.4) is 0 Å². The number of hydrogen-bond acceptors (Lipinski definition) is 3. The molecule has 4 nitrogen and oxygen atoms in total. The highest BCUT2D eigenvalue weighted by Crippen LogP contribution is 2.13.